The van der Waals surface area contributed by atoms with E-state index in [2.05, 4.69) is 37.9 Å². The molecule has 0 saturated heterocycles. The van der Waals surface area contributed by atoms with Crippen LogP contribution in [0.15, 0.2) is 18.2 Å². The number of rotatable bonds is 4. The lowest BCUT2D eigenvalue weighted by atomic mass is 10.1. The molecule has 0 spiro atoms. The number of hydrogen-bond acceptors (Lipinski definition) is 3. The van der Waals surface area contributed by atoms with E-state index in [0.29, 0.717) is 12.8 Å². The Balaban J connectivity index is 2.05. The molecular formula is C13H19NO2. The summed E-state index contributed by atoms with van der Waals surface area (Å²) in [5.41, 5.74) is 1.30. The van der Waals surface area contributed by atoms with Crippen LogP contribution < -0.4 is 9.47 Å². The summed E-state index contributed by atoms with van der Waals surface area (Å²) < 4.78 is 10.7. The molecule has 0 bridgehead atoms. The maximum Gasteiger partial charge on any atom is 0.231 e. The maximum atomic E-state index is 5.37. The van der Waals surface area contributed by atoms with Crippen molar-refractivity contribution in [3.63, 3.8) is 0 Å². The molecule has 0 aromatic heterocycles. The van der Waals surface area contributed by atoms with Gasteiger partial charge in [0.05, 0.1) is 0 Å². The van der Waals surface area contributed by atoms with E-state index in [-0.39, 0.29) is 0 Å². The molecule has 0 saturated carbocycles. The van der Waals surface area contributed by atoms with Gasteiger partial charge in [0.2, 0.25) is 6.79 Å². The monoisotopic (exact) mass is 221 g/mol. The van der Waals surface area contributed by atoms with Crippen molar-refractivity contribution in [1.29, 1.82) is 0 Å². The summed E-state index contributed by atoms with van der Waals surface area (Å²) in [6.45, 7) is 5.85. The first kappa shape index (κ1) is 11.3. The highest BCUT2D eigenvalue weighted by Gasteiger charge is 2.15. The molecule has 1 heterocycles. The van der Waals surface area contributed by atoms with Gasteiger partial charge in [0, 0.05) is 6.04 Å². The van der Waals surface area contributed by atoms with Crippen LogP contribution in [-0.2, 0) is 6.42 Å². The predicted octanol–water partition coefficient (Wildman–Crippen LogP) is 2.30. The Kier molecular flexibility index (Phi) is 3.34. The lowest BCUT2D eigenvalue weighted by Crippen LogP contribution is -2.30. The second-order valence-corrected chi connectivity index (χ2v) is 4.31. The van der Waals surface area contributed by atoms with Crippen LogP contribution in [0.2, 0.25) is 0 Å². The van der Waals surface area contributed by atoms with Gasteiger partial charge in [0.15, 0.2) is 11.5 Å². The zero-order valence-electron chi connectivity index (χ0n) is 10.2. The van der Waals surface area contributed by atoms with Crippen LogP contribution in [0.1, 0.15) is 19.4 Å². The minimum Gasteiger partial charge on any atom is -0.454 e. The van der Waals surface area contributed by atoms with E-state index in [9.17, 15) is 0 Å². The Labute approximate surface area is 97.0 Å². The molecule has 1 unspecified atom stereocenters. The van der Waals surface area contributed by atoms with Crippen molar-refractivity contribution >= 4 is 0 Å². The highest BCUT2D eigenvalue weighted by Crippen LogP contribution is 2.32. The molecular weight excluding hydrogens is 202 g/mol. The van der Waals surface area contributed by atoms with E-state index in [1.807, 2.05) is 6.07 Å². The first-order chi connectivity index (χ1) is 7.70. The molecule has 0 amide bonds. The largest absolute Gasteiger partial charge is 0.454 e. The van der Waals surface area contributed by atoms with E-state index in [1.165, 1.54) is 5.56 Å². The zero-order valence-corrected chi connectivity index (χ0v) is 10.2. The number of likely N-dealkylation sites (N-methyl/N-ethyl adjacent to an activating group) is 1. The topological polar surface area (TPSA) is 21.7 Å². The molecule has 1 aromatic carbocycles. The number of benzene rings is 1. The molecule has 3 heteroatoms. The minimum absolute atomic E-state index is 0.350. The third-order valence-corrected chi connectivity index (χ3v) is 3.22. The van der Waals surface area contributed by atoms with E-state index in [0.717, 1.165) is 24.5 Å². The zero-order chi connectivity index (χ0) is 11.5. The Morgan fingerprint density at radius 2 is 2.06 bits per heavy atom. The van der Waals surface area contributed by atoms with Gasteiger partial charge < -0.3 is 14.4 Å². The van der Waals surface area contributed by atoms with Gasteiger partial charge in [-0.05, 0) is 44.6 Å². The molecule has 1 aliphatic rings. The first-order valence-electron chi connectivity index (χ1n) is 5.79. The van der Waals surface area contributed by atoms with Crippen LogP contribution in [0.5, 0.6) is 11.5 Å². The molecule has 0 radical (unpaired) electrons. The van der Waals surface area contributed by atoms with Gasteiger partial charge in [-0.25, -0.2) is 0 Å². The van der Waals surface area contributed by atoms with E-state index < -0.39 is 0 Å². The van der Waals surface area contributed by atoms with E-state index in [4.69, 9.17) is 9.47 Å². The highest BCUT2D eigenvalue weighted by atomic mass is 16.7. The minimum atomic E-state index is 0.350. The van der Waals surface area contributed by atoms with Crippen LogP contribution in [0.4, 0.5) is 0 Å². The summed E-state index contributed by atoms with van der Waals surface area (Å²) in [5.74, 6) is 1.74. The van der Waals surface area contributed by atoms with Crippen molar-refractivity contribution in [2.45, 2.75) is 26.3 Å². The second-order valence-electron chi connectivity index (χ2n) is 4.31. The average Bonchev–Trinajstić information content (AvgIpc) is 2.75. The van der Waals surface area contributed by atoms with Crippen LogP contribution >= 0.6 is 0 Å². The normalized spacial score (nSPS) is 15.5. The van der Waals surface area contributed by atoms with Crippen molar-refractivity contribution in [3.05, 3.63) is 23.8 Å². The summed E-state index contributed by atoms with van der Waals surface area (Å²) in [5, 5.41) is 0. The Hall–Kier alpha value is -1.22. The van der Waals surface area contributed by atoms with Gasteiger partial charge in [0.1, 0.15) is 0 Å². The second kappa shape index (κ2) is 4.74. The molecule has 3 nitrogen and oxygen atoms in total. The van der Waals surface area contributed by atoms with Crippen LogP contribution in [0.3, 0.4) is 0 Å². The quantitative estimate of drug-likeness (QED) is 0.778. The van der Waals surface area contributed by atoms with Gasteiger partial charge in [-0.1, -0.05) is 13.0 Å². The lowest BCUT2D eigenvalue weighted by molar-refractivity contribution is 0.174. The van der Waals surface area contributed by atoms with Gasteiger partial charge in [-0.2, -0.15) is 0 Å². The third kappa shape index (κ3) is 2.30. The Bertz CT molecular complexity index is 365. The smallest absolute Gasteiger partial charge is 0.231 e. The van der Waals surface area contributed by atoms with Gasteiger partial charge in [0.25, 0.3) is 0 Å². The number of hydrogen-bond donors (Lipinski definition) is 0. The third-order valence-electron chi connectivity index (χ3n) is 3.22. The molecule has 0 fully saturated rings. The van der Waals surface area contributed by atoms with Crippen molar-refractivity contribution in [1.82, 2.24) is 4.90 Å². The summed E-state index contributed by atoms with van der Waals surface area (Å²) in [6.07, 6.45) is 1.04. The van der Waals surface area contributed by atoms with E-state index in [1.54, 1.807) is 0 Å². The number of nitrogens with zero attached hydrogens (tertiary/aromatic N) is 1. The molecule has 0 N–H and O–H groups in total. The Morgan fingerprint density at radius 3 is 2.81 bits per heavy atom. The maximum absolute atomic E-state index is 5.37. The van der Waals surface area contributed by atoms with Crippen LogP contribution in [0, 0.1) is 0 Å². The molecule has 88 valence electrons. The molecule has 0 aliphatic carbocycles. The predicted molar refractivity (Wildman–Crippen MR) is 64.0 cm³/mol. The number of fused-ring (bicyclic) bond motifs is 1. The van der Waals surface area contributed by atoms with Crippen molar-refractivity contribution in [2.24, 2.45) is 0 Å². The SMILES string of the molecule is CCN(C)C(C)Cc1ccc2c(c1)OCO2. The van der Waals surface area contributed by atoms with Gasteiger partial charge >= 0.3 is 0 Å². The fraction of sp³-hybridized carbons (Fsp3) is 0.538. The van der Waals surface area contributed by atoms with Gasteiger partial charge in [-0.15, -0.1) is 0 Å². The summed E-state index contributed by atoms with van der Waals surface area (Å²) in [4.78, 5) is 2.34. The van der Waals surface area contributed by atoms with Gasteiger partial charge in [-0.3, -0.25) is 0 Å². The van der Waals surface area contributed by atoms with Crippen molar-refractivity contribution in [2.75, 3.05) is 20.4 Å². The summed E-state index contributed by atoms with van der Waals surface area (Å²) >= 11 is 0. The van der Waals surface area contributed by atoms with E-state index >= 15 is 0 Å². The molecule has 1 aromatic rings. The lowest BCUT2D eigenvalue weighted by Gasteiger charge is -2.23. The van der Waals surface area contributed by atoms with Crippen molar-refractivity contribution in [3.8, 4) is 11.5 Å². The van der Waals surface area contributed by atoms with Crippen LogP contribution in [0.25, 0.3) is 0 Å². The molecule has 16 heavy (non-hydrogen) atoms. The average molecular weight is 221 g/mol. The fourth-order valence-electron chi connectivity index (χ4n) is 1.88. The van der Waals surface area contributed by atoms with Crippen molar-refractivity contribution < 1.29 is 9.47 Å². The molecule has 2 rings (SSSR count). The number of ether oxygens (including phenoxy) is 2. The standard InChI is InChI=1S/C13H19NO2/c1-4-14(3)10(2)7-11-5-6-12-13(8-11)16-9-15-12/h5-6,8,10H,4,7,9H2,1-3H3. The first-order valence-corrected chi connectivity index (χ1v) is 5.79. The summed E-state index contributed by atoms with van der Waals surface area (Å²) in [7, 11) is 2.15. The highest BCUT2D eigenvalue weighted by molar-refractivity contribution is 5.44. The summed E-state index contributed by atoms with van der Waals surface area (Å²) in [6, 6.07) is 6.75. The Morgan fingerprint density at radius 1 is 1.31 bits per heavy atom. The van der Waals surface area contributed by atoms with Crippen LogP contribution in [-0.4, -0.2) is 31.3 Å². The molecule has 1 atom stereocenters. The molecule has 1 aliphatic heterocycles. The fourth-order valence-corrected chi connectivity index (χ4v) is 1.88.